The molecule has 3 rings (SSSR count). The molecule has 1 atom stereocenters. The Morgan fingerprint density at radius 3 is 2.14 bits per heavy atom. The predicted octanol–water partition coefficient (Wildman–Crippen LogP) is 2.37. The van der Waals surface area contributed by atoms with Crippen LogP contribution in [0.4, 0.5) is 0 Å². The van der Waals surface area contributed by atoms with Crippen molar-refractivity contribution in [1.82, 2.24) is 5.01 Å². The van der Waals surface area contributed by atoms with E-state index in [0.717, 1.165) is 10.8 Å². The van der Waals surface area contributed by atoms with Gasteiger partial charge in [0.2, 0.25) is 5.91 Å². The molecule has 22 heavy (non-hydrogen) atoms. The predicted molar refractivity (Wildman–Crippen MR) is 81.0 cm³/mol. The van der Waals surface area contributed by atoms with Crippen molar-refractivity contribution in [3.63, 3.8) is 0 Å². The largest absolute Gasteiger partial charge is 0.457 e. The molecular weight excluding hydrogens is 280 g/mol. The quantitative estimate of drug-likeness (QED) is 0.536. The lowest BCUT2D eigenvalue weighted by atomic mass is 9.89. The lowest BCUT2D eigenvalue weighted by Crippen LogP contribution is -2.48. The Morgan fingerprint density at radius 2 is 1.59 bits per heavy atom. The molecule has 112 valence electrons. The highest BCUT2D eigenvalue weighted by molar-refractivity contribution is 6.09. The van der Waals surface area contributed by atoms with Gasteiger partial charge in [0.25, 0.3) is 0 Å². The molecule has 1 unspecified atom stereocenters. The van der Waals surface area contributed by atoms with E-state index in [1.807, 2.05) is 30.3 Å². The van der Waals surface area contributed by atoms with E-state index in [0.29, 0.717) is 11.3 Å². The smallest absolute Gasteiger partial charge is 0.245 e. The number of carbonyl (C=O) groups is 2. The van der Waals surface area contributed by atoms with Gasteiger partial charge in [-0.1, -0.05) is 30.3 Å². The second-order valence-electron chi connectivity index (χ2n) is 5.38. The van der Waals surface area contributed by atoms with E-state index in [2.05, 4.69) is 0 Å². The molecule has 1 aliphatic rings. The van der Waals surface area contributed by atoms with Crippen LogP contribution in [0.1, 0.15) is 18.9 Å². The van der Waals surface area contributed by atoms with Crippen LogP contribution in [0.5, 0.6) is 11.5 Å². The Kier molecular flexibility index (Phi) is 3.42. The van der Waals surface area contributed by atoms with Gasteiger partial charge in [0, 0.05) is 0 Å². The summed E-state index contributed by atoms with van der Waals surface area (Å²) in [6.07, 6.45) is -0.157. The maximum Gasteiger partial charge on any atom is 0.245 e. The molecule has 0 radical (unpaired) electrons. The van der Waals surface area contributed by atoms with Crippen molar-refractivity contribution in [2.45, 2.75) is 18.9 Å². The molecule has 2 N–H and O–H groups in total. The van der Waals surface area contributed by atoms with E-state index in [-0.39, 0.29) is 18.1 Å². The normalized spacial score (nSPS) is 21.3. The Morgan fingerprint density at radius 1 is 1.00 bits per heavy atom. The van der Waals surface area contributed by atoms with Crippen LogP contribution in [0.2, 0.25) is 0 Å². The summed E-state index contributed by atoms with van der Waals surface area (Å²) in [5.74, 6) is 6.59. The van der Waals surface area contributed by atoms with E-state index < -0.39 is 5.54 Å². The summed E-state index contributed by atoms with van der Waals surface area (Å²) in [5.41, 5.74) is -0.436. The zero-order chi connectivity index (χ0) is 15.7. The van der Waals surface area contributed by atoms with Gasteiger partial charge in [0.15, 0.2) is 5.78 Å². The number of benzene rings is 2. The number of amides is 1. The number of hydrazine groups is 1. The standard InChI is InChI=1S/C17H16N2O3/c1-17(15(20)11-16(21)19(17)18)12-7-9-14(10-8-12)22-13-5-3-2-4-6-13/h2-10H,11,18H2,1H3. The molecule has 2 aromatic carbocycles. The number of Topliss-reactive ketones (excluding diaryl/α,β-unsaturated/α-hetero) is 1. The second-order valence-corrected chi connectivity index (χ2v) is 5.38. The van der Waals surface area contributed by atoms with Crippen molar-refractivity contribution >= 4 is 11.7 Å². The zero-order valence-electron chi connectivity index (χ0n) is 12.2. The summed E-state index contributed by atoms with van der Waals surface area (Å²) in [6, 6.07) is 16.4. The number of hydrogen-bond acceptors (Lipinski definition) is 4. The van der Waals surface area contributed by atoms with Crippen LogP contribution in [0.3, 0.4) is 0 Å². The van der Waals surface area contributed by atoms with Gasteiger partial charge in [-0.05, 0) is 36.8 Å². The molecule has 2 aromatic rings. The Bertz CT molecular complexity index is 712. The number of carbonyl (C=O) groups excluding carboxylic acids is 2. The number of hydrogen-bond donors (Lipinski definition) is 1. The van der Waals surface area contributed by atoms with Crippen molar-refractivity contribution in [3.05, 3.63) is 60.2 Å². The third kappa shape index (κ3) is 2.25. The SMILES string of the molecule is CC1(c2ccc(Oc3ccccc3)cc2)C(=O)CC(=O)N1N. The van der Waals surface area contributed by atoms with Crippen LogP contribution in [-0.2, 0) is 15.1 Å². The second kappa shape index (κ2) is 5.27. The third-order valence-corrected chi connectivity index (χ3v) is 4.00. The molecule has 0 aliphatic carbocycles. The molecule has 0 spiro atoms. The van der Waals surface area contributed by atoms with E-state index in [1.54, 1.807) is 31.2 Å². The fourth-order valence-electron chi connectivity index (χ4n) is 2.55. The van der Waals surface area contributed by atoms with Gasteiger partial charge in [-0.3, -0.25) is 14.6 Å². The summed E-state index contributed by atoms with van der Waals surface area (Å²) in [7, 11) is 0. The highest BCUT2D eigenvalue weighted by Crippen LogP contribution is 2.35. The molecule has 0 bridgehead atoms. The Hall–Kier alpha value is -2.66. The van der Waals surface area contributed by atoms with Gasteiger partial charge in [0.1, 0.15) is 17.0 Å². The number of nitrogens with two attached hydrogens (primary N) is 1. The molecule has 0 aromatic heterocycles. The first-order chi connectivity index (χ1) is 10.5. The fourth-order valence-corrected chi connectivity index (χ4v) is 2.55. The van der Waals surface area contributed by atoms with Crippen molar-refractivity contribution in [1.29, 1.82) is 0 Å². The molecule has 0 saturated carbocycles. The van der Waals surface area contributed by atoms with Crippen LogP contribution >= 0.6 is 0 Å². The molecule has 1 aliphatic heterocycles. The van der Waals surface area contributed by atoms with E-state index in [4.69, 9.17) is 10.6 Å². The van der Waals surface area contributed by atoms with Crippen LogP contribution in [0.25, 0.3) is 0 Å². The zero-order valence-corrected chi connectivity index (χ0v) is 12.2. The summed E-state index contributed by atoms with van der Waals surface area (Å²) >= 11 is 0. The number of ether oxygens (including phenoxy) is 1. The lowest BCUT2D eigenvalue weighted by molar-refractivity contribution is -0.132. The Labute approximate surface area is 128 Å². The number of nitrogens with zero attached hydrogens (tertiary/aromatic N) is 1. The maximum atomic E-state index is 12.1. The van der Waals surface area contributed by atoms with E-state index >= 15 is 0 Å². The number of para-hydroxylation sites is 1. The molecule has 1 fully saturated rings. The summed E-state index contributed by atoms with van der Waals surface area (Å²) in [4.78, 5) is 23.8. The van der Waals surface area contributed by atoms with Gasteiger partial charge in [-0.2, -0.15) is 0 Å². The van der Waals surface area contributed by atoms with E-state index in [1.165, 1.54) is 0 Å². The van der Waals surface area contributed by atoms with Crippen LogP contribution in [0, 0.1) is 0 Å². The Balaban J connectivity index is 1.85. The average molecular weight is 296 g/mol. The number of ketones is 1. The van der Waals surface area contributed by atoms with Crippen LogP contribution in [-0.4, -0.2) is 16.7 Å². The van der Waals surface area contributed by atoms with Gasteiger partial charge in [-0.25, -0.2) is 5.84 Å². The van der Waals surface area contributed by atoms with Crippen LogP contribution in [0.15, 0.2) is 54.6 Å². The first kappa shape index (κ1) is 14.3. The molecule has 5 nitrogen and oxygen atoms in total. The van der Waals surface area contributed by atoms with Gasteiger partial charge >= 0.3 is 0 Å². The average Bonchev–Trinajstić information content (AvgIpc) is 2.73. The molecule has 1 heterocycles. The third-order valence-electron chi connectivity index (χ3n) is 4.00. The molecule has 1 amide bonds. The first-order valence-electron chi connectivity index (χ1n) is 6.96. The summed E-state index contributed by atoms with van der Waals surface area (Å²) in [6.45, 7) is 1.66. The number of rotatable bonds is 3. The molecule has 1 saturated heterocycles. The van der Waals surface area contributed by atoms with Gasteiger partial charge < -0.3 is 4.74 Å². The van der Waals surface area contributed by atoms with Gasteiger partial charge in [0.05, 0.1) is 6.42 Å². The van der Waals surface area contributed by atoms with Gasteiger partial charge in [-0.15, -0.1) is 0 Å². The highest BCUT2D eigenvalue weighted by Gasteiger charge is 2.49. The highest BCUT2D eigenvalue weighted by atomic mass is 16.5. The van der Waals surface area contributed by atoms with Crippen molar-refractivity contribution < 1.29 is 14.3 Å². The topological polar surface area (TPSA) is 72.6 Å². The maximum absolute atomic E-state index is 12.1. The van der Waals surface area contributed by atoms with Crippen LogP contribution < -0.4 is 10.6 Å². The minimum Gasteiger partial charge on any atom is -0.457 e. The molecular formula is C17H16N2O3. The monoisotopic (exact) mass is 296 g/mol. The minimum atomic E-state index is -1.11. The lowest BCUT2D eigenvalue weighted by Gasteiger charge is -2.30. The summed E-state index contributed by atoms with van der Waals surface area (Å²) in [5, 5.41) is 1.02. The molecule has 5 heteroatoms. The fraction of sp³-hybridized carbons (Fsp3) is 0.176. The van der Waals surface area contributed by atoms with E-state index in [9.17, 15) is 9.59 Å². The van der Waals surface area contributed by atoms with Crippen molar-refractivity contribution in [2.24, 2.45) is 5.84 Å². The summed E-state index contributed by atoms with van der Waals surface area (Å²) < 4.78 is 5.71. The minimum absolute atomic E-state index is 0.157. The van der Waals surface area contributed by atoms with Crippen molar-refractivity contribution in [2.75, 3.05) is 0 Å². The van der Waals surface area contributed by atoms with Crippen molar-refractivity contribution in [3.8, 4) is 11.5 Å². The first-order valence-corrected chi connectivity index (χ1v) is 6.96.